The van der Waals surface area contributed by atoms with Crippen molar-refractivity contribution in [2.24, 2.45) is 0 Å². The molecule has 9 heteroatoms. The van der Waals surface area contributed by atoms with Gasteiger partial charge < -0.3 is 28.6 Å². The van der Waals surface area contributed by atoms with Gasteiger partial charge in [0.15, 0.2) is 6.10 Å². The number of carbonyl (C=O) groups is 1. The van der Waals surface area contributed by atoms with Gasteiger partial charge in [0.05, 0.1) is 37.2 Å². The number of imidazole rings is 1. The summed E-state index contributed by atoms with van der Waals surface area (Å²) < 4.78 is 32.9. The second kappa shape index (κ2) is 14.3. The van der Waals surface area contributed by atoms with Crippen molar-refractivity contribution < 1.29 is 28.5 Å². The number of methoxy groups -OCH3 is 2. The molecule has 1 saturated heterocycles. The first-order chi connectivity index (χ1) is 23.8. The molecule has 9 nitrogen and oxygen atoms in total. The number of aromatic nitrogens is 2. The van der Waals surface area contributed by atoms with Crippen LogP contribution in [0.1, 0.15) is 89.5 Å². The number of aryl methyl sites for hydroxylation is 1. The standard InChI is InChI=1S/C41H53N3O6/c1-26-13-10-11-22-48-41(7)18-20-43(21-19-41)38-35(36(39(45)47-9)50-40(4,5)6)27(2)28(3)37-42-33(25-44(37)38)30-15-12-14-29(23-30)32-24-31(46-8)16-17-34(32)49-26/h12,14-17,23-26,36H,10-11,13,18-22H2,1-9H3/t26-,36-/m0/s1. The molecule has 50 heavy (non-hydrogen) atoms. The summed E-state index contributed by atoms with van der Waals surface area (Å²) in [4.78, 5) is 21.2. The third kappa shape index (κ3) is 7.35. The van der Waals surface area contributed by atoms with E-state index in [1.54, 1.807) is 7.11 Å². The van der Waals surface area contributed by atoms with Crippen LogP contribution in [-0.2, 0) is 19.0 Å². The monoisotopic (exact) mass is 683 g/mol. The molecule has 1 fully saturated rings. The van der Waals surface area contributed by atoms with E-state index in [0.29, 0.717) is 6.61 Å². The van der Waals surface area contributed by atoms with Crippen molar-refractivity contribution in [3.63, 3.8) is 0 Å². The van der Waals surface area contributed by atoms with Crippen molar-refractivity contribution >= 4 is 17.4 Å². The number of carbonyl (C=O) groups excluding carboxylic acids is 1. The molecular weight excluding hydrogens is 630 g/mol. The predicted octanol–water partition coefficient (Wildman–Crippen LogP) is 8.65. The van der Waals surface area contributed by atoms with Crippen LogP contribution in [0.3, 0.4) is 0 Å². The molecule has 7 rings (SSSR count). The maximum absolute atomic E-state index is 13.6. The van der Waals surface area contributed by atoms with E-state index in [2.05, 4.69) is 67.5 Å². The number of benzene rings is 2. The maximum Gasteiger partial charge on any atom is 0.339 e. The van der Waals surface area contributed by atoms with Crippen molar-refractivity contribution in [1.29, 1.82) is 0 Å². The second-order valence-corrected chi connectivity index (χ2v) is 15.1. The Hall–Kier alpha value is -4.08. The molecule has 2 aromatic carbocycles. The number of fused-ring (bicyclic) bond motifs is 8. The Morgan fingerprint density at radius 2 is 1.76 bits per heavy atom. The Labute approximate surface area is 296 Å². The topological polar surface area (TPSA) is 83.8 Å². The van der Waals surface area contributed by atoms with Crippen LogP contribution < -0.4 is 14.4 Å². The summed E-state index contributed by atoms with van der Waals surface area (Å²) >= 11 is 0. The van der Waals surface area contributed by atoms with E-state index in [4.69, 9.17) is 28.7 Å². The highest BCUT2D eigenvalue weighted by atomic mass is 16.6. The molecule has 2 atom stereocenters. The SMILES string of the molecule is COC(=O)[C@@H](OC(C)(C)C)c1c(C)c(C)c2nc3cn2c1N1CCC(C)(CC1)OCCCC[C@H](C)Oc1ccc(OC)cc1-c1cccc-3c1. The minimum atomic E-state index is -0.920. The number of hydrogen-bond acceptors (Lipinski definition) is 8. The molecule has 0 amide bonds. The summed E-state index contributed by atoms with van der Waals surface area (Å²) in [5.74, 6) is 2.07. The average Bonchev–Trinajstić information content (AvgIpc) is 3.54. The van der Waals surface area contributed by atoms with Crippen molar-refractivity contribution in [3.05, 3.63) is 65.4 Å². The molecule has 0 N–H and O–H groups in total. The van der Waals surface area contributed by atoms with Gasteiger partial charge in [0.1, 0.15) is 23.0 Å². The molecular formula is C41H53N3O6. The van der Waals surface area contributed by atoms with Gasteiger partial charge in [-0.1, -0.05) is 18.2 Å². The molecule has 3 aliphatic rings. The number of ether oxygens (including phenoxy) is 5. The van der Waals surface area contributed by atoms with Crippen molar-refractivity contribution in [2.45, 2.75) is 104 Å². The zero-order valence-corrected chi connectivity index (χ0v) is 31.2. The molecule has 0 aliphatic carbocycles. The number of nitrogens with zero attached hydrogens (tertiary/aromatic N) is 3. The molecule has 6 bridgehead atoms. The van der Waals surface area contributed by atoms with E-state index in [9.17, 15) is 4.79 Å². The summed E-state index contributed by atoms with van der Waals surface area (Å²) in [5, 5.41) is 0. The van der Waals surface area contributed by atoms with Crippen LogP contribution in [0, 0.1) is 13.8 Å². The van der Waals surface area contributed by atoms with Gasteiger partial charge >= 0.3 is 5.97 Å². The summed E-state index contributed by atoms with van der Waals surface area (Å²) in [7, 11) is 3.11. The molecule has 0 unspecified atom stereocenters. The minimum absolute atomic E-state index is 0.0445. The van der Waals surface area contributed by atoms with Gasteiger partial charge in [-0.05, 0) is 122 Å². The highest BCUT2D eigenvalue weighted by Gasteiger charge is 2.38. The van der Waals surface area contributed by atoms with Crippen molar-refractivity contribution in [3.8, 4) is 33.9 Å². The summed E-state index contributed by atoms with van der Waals surface area (Å²) in [6.07, 6.45) is 5.84. The van der Waals surface area contributed by atoms with Gasteiger partial charge in [-0.25, -0.2) is 9.78 Å². The molecule has 3 aliphatic heterocycles. The average molecular weight is 684 g/mol. The lowest BCUT2D eigenvalue weighted by Gasteiger charge is -2.42. The Bertz CT molecular complexity index is 1850. The number of esters is 1. The predicted molar refractivity (Wildman–Crippen MR) is 197 cm³/mol. The lowest BCUT2D eigenvalue weighted by Crippen LogP contribution is -2.45. The van der Waals surface area contributed by atoms with Crippen LogP contribution in [0.2, 0.25) is 0 Å². The van der Waals surface area contributed by atoms with Gasteiger partial charge in [0.2, 0.25) is 0 Å². The normalized spacial score (nSPS) is 20.7. The van der Waals surface area contributed by atoms with Crippen molar-refractivity contribution in [1.82, 2.24) is 9.38 Å². The zero-order valence-electron chi connectivity index (χ0n) is 31.2. The van der Waals surface area contributed by atoms with Crippen LogP contribution in [0.15, 0.2) is 48.7 Å². The Balaban J connectivity index is 1.57. The van der Waals surface area contributed by atoms with E-state index in [1.807, 2.05) is 39.0 Å². The fraction of sp³-hybridized carbons (Fsp3) is 0.512. The summed E-state index contributed by atoms with van der Waals surface area (Å²) in [5.41, 5.74) is 6.56. The highest BCUT2D eigenvalue weighted by Crippen LogP contribution is 2.42. The lowest BCUT2D eigenvalue weighted by molar-refractivity contribution is -0.164. The molecule has 5 heterocycles. The third-order valence-electron chi connectivity index (χ3n) is 10.2. The van der Waals surface area contributed by atoms with Crippen LogP contribution in [-0.4, -0.2) is 66.6 Å². The first-order valence-electron chi connectivity index (χ1n) is 17.9. The van der Waals surface area contributed by atoms with Gasteiger partial charge in [0, 0.05) is 42.6 Å². The first-order valence-corrected chi connectivity index (χ1v) is 17.9. The van der Waals surface area contributed by atoms with E-state index in [0.717, 1.165) is 107 Å². The van der Waals surface area contributed by atoms with Gasteiger partial charge in [-0.15, -0.1) is 0 Å². The molecule has 268 valence electrons. The van der Waals surface area contributed by atoms with Gasteiger partial charge in [-0.2, -0.15) is 0 Å². The van der Waals surface area contributed by atoms with Crippen molar-refractivity contribution in [2.75, 3.05) is 38.8 Å². The molecule has 0 spiro atoms. The Kier molecular flexibility index (Phi) is 10.2. The fourth-order valence-corrected chi connectivity index (χ4v) is 7.21. The lowest BCUT2D eigenvalue weighted by atomic mass is 9.92. The maximum atomic E-state index is 13.6. The molecule has 4 aromatic rings. The highest BCUT2D eigenvalue weighted by molar-refractivity contribution is 5.83. The molecule has 0 saturated carbocycles. The zero-order chi connectivity index (χ0) is 35.8. The van der Waals surface area contributed by atoms with Crippen LogP contribution in [0.4, 0.5) is 5.82 Å². The van der Waals surface area contributed by atoms with Gasteiger partial charge in [-0.3, -0.25) is 4.40 Å². The molecule has 0 radical (unpaired) electrons. The van der Waals surface area contributed by atoms with E-state index < -0.39 is 17.7 Å². The summed E-state index contributed by atoms with van der Waals surface area (Å²) in [6.45, 7) is 16.6. The Morgan fingerprint density at radius 1 is 1.02 bits per heavy atom. The van der Waals surface area contributed by atoms with E-state index >= 15 is 0 Å². The number of rotatable bonds is 4. The number of anilines is 1. The largest absolute Gasteiger partial charge is 0.497 e. The minimum Gasteiger partial charge on any atom is -0.497 e. The quantitative estimate of drug-likeness (QED) is 0.198. The number of pyridine rings is 1. The van der Waals surface area contributed by atoms with Crippen LogP contribution >= 0.6 is 0 Å². The van der Waals surface area contributed by atoms with E-state index in [1.165, 1.54) is 7.11 Å². The Morgan fingerprint density at radius 3 is 2.46 bits per heavy atom. The van der Waals surface area contributed by atoms with Crippen LogP contribution in [0.5, 0.6) is 11.5 Å². The first kappa shape index (κ1) is 35.7. The number of hydrogen-bond donors (Lipinski definition) is 0. The smallest absolute Gasteiger partial charge is 0.339 e. The molecule has 2 aromatic heterocycles. The second-order valence-electron chi connectivity index (χ2n) is 15.1. The summed E-state index contributed by atoms with van der Waals surface area (Å²) in [6, 6.07) is 14.4. The fourth-order valence-electron chi connectivity index (χ4n) is 7.21. The van der Waals surface area contributed by atoms with Crippen LogP contribution in [0.25, 0.3) is 28.0 Å². The van der Waals surface area contributed by atoms with E-state index in [-0.39, 0.29) is 11.7 Å². The van der Waals surface area contributed by atoms with Gasteiger partial charge in [0.25, 0.3) is 0 Å². The number of piperidine rings is 1. The third-order valence-corrected chi connectivity index (χ3v) is 10.2.